The summed E-state index contributed by atoms with van der Waals surface area (Å²) >= 11 is 1.49. The van der Waals surface area contributed by atoms with E-state index in [0.717, 1.165) is 5.56 Å². The fourth-order valence-electron chi connectivity index (χ4n) is 2.63. The van der Waals surface area contributed by atoms with Gasteiger partial charge >= 0.3 is 6.03 Å². The standard InChI is InChI=1S/C17H18N2O4S/c1-17(12-7-10-24-11-12)15(20)19(16(21)18-17)8-9-23-14-6-4-3-5-13(14)22-2/h3-7,10-11H,8-9H2,1-2H3,(H,18,21)/t17-/m0/s1. The number of amides is 3. The largest absolute Gasteiger partial charge is 0.493 e. The summed E-state index contributed by atoms with van der Waals surface area (Å²) in [5.74, 6) is 0.917. The van der Waals surface area contributed by atoms with E-state index in [4.69, 9.17) is 9.47 Å². The lowest BCUT2D eigenvalue weighted by atomic mass is 9.95. The normalized spacial score (nSPS) is 20.2. The molecular formula is C17H18N2O4S. The van der Waals surface area contributed by atoms with Crippen LogP contribution in [0.25, 0.3) is 0 Å². The van der Waals surface area contributed by atoms with Crippen molar-refractivity contribution in [2.75, 3.05) is 20.3 Å². The minimum atomic E-state index is -1.01. The van der Waals surface area contributed by atoms with Crippen molar-refractivity contribution in [3.63, 3.8) is 0 Å². The number of para-hydroxylation sites is 2. The minimum Gasteiger partial charge on any atom is -0.493 e. The maximum absolute atomic E-state index is 12.7. The van der Waals surface area contributed by atoms with Crippen LogP contribution in [0.4, 0.5) is 4.79 Å². The molecule has 6 nitrogen and oxygen atoms in total. The van der Waals surface area contributed by atoms with Gasteiger partial charge in [-0.15, -0.1) is 0 Å². The summed E-state index contributed by atoms with van der Waals surface area (Å²) in [6.07, 6.45) is 0. The quantitative estimate of drug-likeness (QED) is 0.817. The molecule has 1 aromatic carbocycles. The number of hydrogen-bond donors (Lipinski definition) is 1. The fraction of sp³-hybridized carbons (Fsp3) is 0.294. The first-order valence-corrected chi connectivity index (χ1v) is 8.43. The Hall–Kier alpha value is -2.54. The van der Waals surface area contributed by atoms with Crippen LogP contribution in [0.1, 0.15) is 12.5 Å². The van der Waals surface area contributed by atoms with Gasteiger partial charge in [0.2, 0.25) is 0 Å². The summed E-state index contributed by atoms with van der Waals surface area (Å²) in [5, 5.41) is 6.52. The Morgan fingerprint density at radius 2 is 1.96 bits per heavy atom. The molecule has 1 saturated heterocycles. The van der Waals surface area contributed by atoms with Crippen LogP contribution in [0.3, 0.4) is 0 Å². The number of rotatable bonds is 6. The molecule has 1 N–H and O–H groups in total. The van der Waals surface area contributed by atoms with E-state index >= 15 is 0 Å². The number of urea groups is 1. The molecule has 1 aliphatic heterocycles. The first kappa shape index (κ1) is 16.3. The summed E-state index contributed by atoms with van der Waals surface area (Å²) < 4.78 is 10.9. The highest BCUT2D eigenvalue weighted by atomic mass is 32.1. The highest BCUT2D eigenvalue weighted by molar-refractivity contribution is 7.08. The molecule has 1 atom stereocenters. The molecule has 1 aromatic heterocycles. The van der Waals surface area contributed by atoms with Gasteiger partial charge in [-0.25, -0.2) is 4.79 Å². The van der Waals surface area contributed by atoms with Crippen LogP contribution in [-0.2, 0) is 10.3 Å². The van der Waals surface area contributed by atoms with Crippen LogP contribution in [-0.4, -0.2) is 37.1 Å². The second-order valence-corrected chi connectivity index (χ2v) is 6.30. The van der Waals surface area contributed by atoms with Crippen molar-refractivity contribution in [2.24, 2.45) is 0 Å². The number of carbonyl (C=O) groups excluding carboxylic acids is 2. The van der Waals surface area contributed by atoms with Gasteiger partial charge in [-0.1, -0.05) is 12.1 Å². The average molecular weight is 346 g/mol. The first-order valence-electron chi connectivity index (χ1n) is 7.49. The summed E-state index contributed by atoms with van der Waals surface area (Å²) in [6, 6.07) is 8.68. The van der Waals surface area contributed by atoms with Gasteiger partial charge in [0.05, 0.1) is 13.7 Å². The third-order valence-corrected chi connectivity index (χ3v) is 4.70. The molecule has 24 heavy (non-hydrogen) atoms. The number of hydrogen-bond acceptors (Lipinski definition) is 5. The fourth-order valence-corrected chi connectivity index (χ4v) is 3.39. The van der Waals surface area contributed by atoms with Gasteiger partial charge in [-0.05, 0) is 41.4 Å². The monoisotopic (exact) mass is 346 g/mol. The molecule has 0 spiro atoms. The smallest absolute Gasteiger partial charge is 0.325 e. The van der Waals surface area contributed by atoms with Crippen molar-refractivity contribution >= 4 is 23.3 Å². The second kappa shape index (κ2) is 6.52. The molecule has 126 valence electrons. The molecule has 0 bridgehead atoms. The predicted molar refractivity (Wildman–Crippen MR) is 90.4 cm³/mol. The zero-order valence-electron chi connectivity index (χ0n) is 13.4. The Morgan fingerprint density at radius 3 is 2.62 bits per heavy atom. The molecule has 2 heterocycles. The van der Waals surface area contributed by atoms with Crippen LogP contribution in [0, 0.1) is 0 Å². The van der Waals surface area contributed by atoms with Gasteiger partial charge in [0.1, 0.15) is 12.1 Å². The Bertz CT molecular complexity index is 747. The number of thiophene rings is 1. The molecule has 1 fully saturated rings. The lowest BCUT2D eigenvalue weighted by Crippen LogP contribution is -2.41. The van der Waals surface area contributed by atoms with E-state index < -0.39 is 11.6 Å². The lowest BCUT2D eigenvalue weighted by Gasteiger charge is -2.20. The second-order valence-electron chi connectivity index (χ2n) is 5.52. The van der Waals surface area contributed by atoms with E-state index in [1.54, 1.807) is 26.2 Å². The van der Waals surface area contributed by atoms with E-state index in [1.165, 1.54) is 16.2 Å². The zero-order valence-corrected chi connectivity index (χ0v) is 14.3. The summed E-state index contributed by atoms with van der Waals surface area (Å²) in [4.78, 5) is 26.0. The van der Waals surface area contributed by atoms with Gasteiger partial charge in [0.15, 0.2) is 11.5 Å². The maximum atomic E-state index is 12.7. The van der Waals surface area contributed by atoms with Gasteiger partial charge in [-0.3, -0.25) is 9.69 Å². The van der Waals surface area contributed by atoms with Crippen LogP contribution < -0.4 is 14.8 Å². The molecule has 3 amide bonds. The van der Waals surface area contributed by atoms with E-state index in [9.17, 15) is 9.59 Å². The number of nitrogens with zero attached hydrogens (tertiary/aromatic N) is 1. The van der Waals surface area contributed by atoms with Crippen LogP contribution in [0.2, 0.25) is 0 Å². The van der Waals surface area contributed by atoms with E-state index in [1.807, 2.05) is 29.0 Å². The number of benzene rings is 1. The third-order valence-electron chi connectivity index (χ3n) is 4.02. The van der Waals surface area contributed by atoms with E-state index in [2.05, 4.69) is 5.32 Å². The van der Waals surface area contributed by atoms with Crippen molar-refractivity contribution in [2.45, 2.75) is 12.5 Å². The number of nitrogens with one attached hydrogen (secondary N) is 1. The molecule has 2 aromatic rings. The molecule has 7 heteroatoms. The molecular weight excluding hydrogens is 328 g/mol. The molecule has 0 aliphatic carbocycles. The maximum Gasteiger partial charge on any atom is 0.325 e. The molecule has 0 saturated carbocycles. The summed E-state index contributed by atoms with van der Waals surface area (Å²) in [7, 11) is 1.56. The van der Waals surface area contributed by atoms with Crippen molar-refractivity contribution in [1.82, 2.24) is 10.2 Å². The Labute approximate surface area is 144 Å². The SMILES string of the molecule is COc1ccccc1OCCN1C(=O)N[C@@](C)(c2ccsc2)C1=O. The minimum absolute atomic E-state index is 0.169. The predicted octanol–water partition coefficient (Wildman–Crippen LogP) is 2.60. The Balaban J connectivity index is 1.66. The average Bonchev–Trinajstić information content (AvgIpc) is 3.19. The highest BCUT2D eigenvalue weighted by Gasteiger charge is 2.48. The van der Waals surface area contributed by atoms with Gasteiger partial charge in [-0.2, -0.15) is 11.3 Å². The zero-order chi connectivity index (χ0) is 17.2. The number of imide groups is 1. The number of carbonyl (C=O) groups is 2. The third kappa shape index (κ3) is 2.82. The summed E-state index contributed by atoms with van der Waals surface area (Å²) in [5.41, 5.74) is -0.222. The van der Waals surface area contributed by atoms with E-state index in [-0.39, 0.29) is 19.1 Å². The van der Waals surface area contributed by atoms with Crippen molar-refractivity contribution in [3.8, 4) is 11.5 Å². The first-order chi connectivity index (χ1) is 11.6. The van der Waals surface area contributed by atoms with Crippen LogP contribution in [0.15, 0.2) is 41.1 Å². The van der Waals surface area contributed by atoms with Gasteiger partial charge in [0, 0.05) is 0 Å². The molecule has 1 aliphatic rings. The molecule has 0 unspecified atom stereocenters. The van der Waals surface area contributed by atoms with Gasteiger partial charge < -0.3 is 14.8 Å². The van der Waals surface area contributed by atoms with Crippen molar-refractivity contribution in [1.29, 1.82) is 0 Å². The Morgan fingerprint density at radius 1 is 1.21 bits per heavy atom. The van der Waals surface area contributed by atoms with E-state index in [0.29, 0.717) is 11.5 Å². The van der Waals surface area contributed by atoms with Crippen LogP contribution >= 0.6 is 11.3 Å². The van der Waals surface area contributed by atoms with Crippen molar-refractivity contribution in [3.05, 3.63) is 46.7 Å². The summed E-state index contributed by atoms with van der Waals surface area (Å²) in [6.45, 7) is 2.08. The van der Waals surface area contributed by atoms with Crippen LogP contribution in [0.5, 0.6) is 11.5 Å². The van der Waals surface area contributed by atoms with Gasteiger partial charge in [0.25, 0.3) is 5.91 Å². The molecule has 0 radical (unpaired) electrons. The number of methoxy groups -OCH3 is 1. The van der Waals surface area contributed by atoms with Crippen molar-refractivity contribution < 1.29 is 19.1 Å². The highest BCUT2D eigenvalue weighted by Crippen LogP contribution is 2.30. The Kier molecular flexibility index (Phi) is 4.44. The topological polar surface area (TPSA) is 67.9 Å². The lowest BCUT2D eigenvalue weighted by molar-refractivity contribution is -0.131. The number of ether oxygens (including phenoxy) is 2. The molecule has 3 rings (SSSR count).